The van der Waals surface area contributed by atoms with Crippen LogP contribution in [0.1, 0.15) is 24.2 Å². The first-order chi connectivity index (χ1) is 17.8. The van der Waals surface area contributed by atoms with E-state index in [1.54, 1.807) is 31.7 Å². The van der Waals surface area contributed by atoms with E-state index in [1.807, 2.05) is 65.6 Å². The van der Waals surface area contributed by atoms with Crippen LogP contribution in [0, 0.1) is 0 Å². The minimum atomic E-state index is -0.835. The number of hydrogen-bond donors (Lipinski definition) is 2. The summed E-state index contributed by atoms with van der Waals surface area (Å²) in [6.45, 7) is 5.49. The van der Waals surface area contributed by atoms with Crippen molar-refractivity contribution in [2.45, 2.75) is 26.0 Å². The van der Waals surface area contributed by atoms with Gasteiger partial charge in [0.25, 0.3) is 5.91 Å². The number of pyridine rings is 1. The van der Waals surface area contributed by atoms with Crippen LogP contribution < -0.4 is 10.1 Å². The number of carbonyl (C=O) groups excluding carboxylic acids is 1. The molecule has 1 amide bonds. The number of nitrogens with zero attached hydrogens (tertiary/aromatic N) is 4. The molecule has 2 N–H and O–H groups in total. The van der Waals surface area contributed by atoms with E-state index in [0.29, 0.717) is 23.7 Å². The van der Waals surface area contributed by atoms with E-state index >= 15 is 0 Å². The number of carbonyl (C=O) groups is 1. The molecule has 1 aliphatic rings. The quantitative estimate of drug-likeness (QED) is 0.363. The maximum Gasteiger partial charge on any atom is 0.254 e. The van der Waals surface area contributed by atoms with E-state index in [0.717, 1.165) is 52.2 Å². The Morgan fingerprint density at radius 3 is 2.65 bits per heavy atom. The van der Waals surface area contributed by atoms with Gasteiger partial charge in [0.2, 0.25) is 0 Å². The second-order valence-corrected chi connectivity index (χ2v) is 11.0. The lowest BCUT2D eigenvalue weighted by Crippen LogP contribution is -2.37. The number of fused-ring (bicyclic) bond motifs is 1. The van der Waals surface area contributed by atoms with Crippen molar-refractivity contribution >= 4 is 39.9 Å². The van der Waals surface area contributed by atoms with E-state index < -0.39 is 5.60 Å². The fourth-order valence-corrected chi connectivity index (χ4v) is 5.30. The molecule has 0 atom stereocenters. The lowest BCUT2D eigenvalue weighted by molar-refractivity contribution is 0.0577. The van der Waals surface area contributed by atoms with Crippen LogP contribution >= 0.6 is 11.8 Å². The van der Waals surface area contributed by atoms with Crippen LogP contribution in [0.15, 0.2) is 61.1 Å². The lowest BCUT2D eigenvalue weighted by Gasteiger charge is -2.26. The van der Waals surface area contributed by atoms with Crippen LogP contribution in [-0.2, 0) is 6.54 Å². The Morgan fingerprint density at radius 2 is 1.89 bits per heavy atom. The first-order valence-corrected chi connectivity index (χ1v) is 13.4. The van der Waals surface area contributed by atoms with Crippen LogP contribution in [0.25, 0.3) is 21.9 Å². The summed E-state index contributed by atoms with van der Waals surface area (Å²) in [6.07, 6.45) is 5.58. The van der Waals surface area contributed by atoms with Gasteiger partial charge in [0.15, 0.2) is 0 Å². The molecule has 5 rings (SSSR count). The lowest BCUT2D eigenvalue weighted by atomic mass is 10.0. The molecule has 0 unspecified atom stereocenters. The molecule has 0 bridgehead atoms. The Labute approximate surface area is 220 Å². The number of benzene rings is 2. The van der Waals surface area contributed by atoms with Gasteiger partial charge in [-0.2, -0.15) is 16.9 Å². The van der Waals surface area contributed by atoms with Gasteiger partial charge in [-0.05, 0) is 55.1 Å². The molecule has 0 spiro atoms. The van der Waals surface area contributed by atoms with Crippen LogP contribution in [0.5, 0.6) is 5.75 Å². The third-order valence-corrected chi connectivity index (χ3v) is 7.19. The largest absolute Gasteiger partial charge is 0.495 e. The Kier molecular flexibility index (Phi) is 7.08. The van der Waals surface area contributed by atoms with E-state index in [4.69, 9.17) is 4.74 Å². The van der Waals surface area contributed by atoms with Crippen molar-refractivity contribution in [3.8, 4) is 16.9 Å². The molecule has 192 valence electrons. The highest BCUT2D eigenvalue weighted by atomic mass is 32.2. The third-order valence-electron chi connectivity index (χ3n) is 6.25. The molecule has 1 aliphatic heterocycles. The van der Waals surface area contributed by atoms with E-state index in [1.165, 1.54) is 0 Å². The molecular weight excluding hydrogens is 486 g/mol. The fourth-order valence-electron chi connectivity index (χ4n) is 4.40. The molecule has 2 aromatic heterocycles. The van der Waals surface area contributed by atoms with Crippen LogP contribution in [0.4, 0.5) is 11.5 Å². The maximum absolute atomic E-state index is 12.9. The van der Waals surface area contributed by atoms with Gasteiger partial charge in [0.05, 0.1) is 31.1 Å². The second kappa shape index (κ2) is 10.4. The highest BCUT2D eigenvalue weighted by Gasteiger charge is 2.20. The molecule has 37 heavy (non-hydrogen) atoms. The van der Waals surface area contributed by atoms with Crippen molar-refractivity contribution in [3.05, 3.63) is 66.6 Å². The molecular formula is C28H31N5O3S. The zero-order valence-electron chi connectivity index (χ0n) is 21.3. The zero-order chi connectivity index (χ0) is 26.0. The number of anilines is 2. The number of nitrogens with one attached hydrogen (secondary N) is 1. The third kappa shape index (κ3) is 5.89. The Bertz CT molecular complexity index is 1420. The minimum Gasteiger partial charge on any atom is -0.495 e. The number of amides is 1. The summed E-state index contributed by atoms with van der Waals surface area (Å²) < 4.78 is 7.36. The summed E-state index contributed by atoms with van der Waals surface area (Å²) >= 11 is 1.88. The summed E-state index contributed by atoms with van der Waals surface area (Å²) in [5.41, 5.74) is 2.53. The normalized spacial score (nSPS) is 14.1. The van der Waals surface area contributed by atoms with Crippen molar-refractivity contribution in [2.75, 3.05) is 37.0 Å². The molecule has 4 aromatic rings. The Hall–Kier alpha value is -3.56. The second-order valence-electron chi connectivity index (χ2n) is 9.82. The molecule has 0 aliphatic carbocycles. The van der Waals surface area contributed by atoms with E-state index in [9.17, 15) is 9.90 Å². The molecule has 0 radical (unpaired) electrons. The van der Waals surface area contributed by atoms with Crippen molar-refractivity contribution < 1.29 is 14.6 Å². The van der Waals surface area contributed by atoms with Crippen LogP contribution in [0.3, 0.4) is 0 Å². The summed E-state index contributed by atoms with van der Waals surface area (Å²) in [5, 5.41) is 19.9. The zero-order valence-corrected chi connectivity index (χ0v) is 22.1. The minimum absolute atomic E-state index is 0.0346. The molecule has 1 saturated heterocycles. The first kappa shape index (κ1) is 25.1. The number of thioether (sulfide) groups is 1. The average molecular weight is 518 g/mol. The molecule has 8 nitrogen and oxygen atoms in total. The van der Waals surface area contributed by atoms with Gasteiger partial charge in [0.1, 0.15) is 11.6 Å². The Balaban J connectivity index is 1.37. The number of hydrogen-bond acceptors (Lipinski definition) is 7. The SMILES string of the molecule is COc1cc(C(=O)N2CCSCC2)ccc1Nc1cc2cc(-c3cnn(CC(C)(C)O)c3)ccc2cn1. The van der Waals surface area contributed by atoms with Gasteiger partial charge in [-0.1, -0.05) is 12.1 Å². The maximum atomic E-state index is 12.9. The molecule has 1 fully saturated rings. The van der Waals surface area contributed by atoms with Gasteiger partial charge in [-0.25, -0.2) is 4.98 Å². The summed E-state index contributed by atoms with van der Waals surface area (Å²) in [5.74, 6) is 3.24. The predicted molar refractivity (Wildman–Crippen MR) is 149 cm³/mol. The predicted octanol–water partition coefficient (Wildman–Crippen LogP) is 4.81. The van der Waals surface area contributed by atoms with Gasteiger partial charge in [-0.3, -0.25) is 9.48 Å². The van der Waals surface area contributed by atoms with Gasteiger partial charge in [0, 0.05) is 53.5 Å². The summed E-state index contributed by atoms with van der Waals surface area (Å²) in [6, 6.07) is 13.7. The molecule has 9 heteroatoms. The highest BCUT2D eigenvalue weighted by molar-refractivity contribution is 7.99. The monoisotopic (exact) mass is 517 g/mol. The van der Waals surface area contributed by atoms with Crippen molar-refractivity contribution in [1.29, 1.82) is 0 Å². The highest BCUT2D eigenvalue weighted by Crippen LogP contribution is 2.31. The molecule has 0 saturated carbocycles. The summed E-state index contributed by atoms with van der Waals surface area (Å²) in [7, 11) is 1.60. The van der Waals surface area contributed by atoms with Crippen LogP contribution in [-0.4, -0.2) is 68.0 Å². The molecule has 2 aromatic carbocycles. The van der Waals surface area contributed by atoms with E-state index in [-0.39, 0.29) is 5.91 Å². The number of rotatable bonds is 7. The van der Waals surface area contributed by atoms with Gasteiger partial charge in [-0.15, -0.1) is 0 Å². The number of aliphatic hydroxyl groups is 1. The van der Waals surface area contributed by atoms with Crippen molar-refractivity contribution in [1.82, 2.24) is 19.7 Å². The molecule has 3 heterocycles. The topological polar surface area (TPSA) is 92.5 Å². The first-order valence-electron chi connectivity index (χ1n) is 12.3. The van der Waals surface area contributed by atoms with Crippen molar-refractivity contribution in [2.24, 2.45) is 0 Å². The fraction of sp³-hybridized carbons (Fsp3) is 0.321. The van der Waals surface area contributed by atoms with Gasteiger partial charge < -0.3 is 20.1 Å². The van der Waals surface area contributed by atoms with Crippen molar-refractivity contribution in [3.63, 3.8) is 0 Å². The number of aromatic nitrogens is 3. The average Bonchev–Trinajstić information content (AvgIpc) is 3.35. The smallest absolute Gasteiger partial charge is 0.254 e. The number of ether oxygens (including phenoxy) is 1. The summed E-state index contributed by atoms with van der Waals surface area (Å²) in [4.78, 5) is 19.4. The standard InChI is InChI=1S/C28H31N5O3S/c1-28(2,35)18-33-17-23(16-30-33)19-4-5-21-15-29-26(14-22(21)12-19)31-24-7-6-20(13-25(24)36-3)27(34)32-8-10-37-11-9-32/h4-7,12-17,35H,8-11,18H2,1-3H3,(H,29,31). The van der Waals surface area contributed by atoms with Gasteiger partial charge >= 0.3 is 0 Å². The van der Waals surface area contributed by atoms with E-state index in [2.05, 4.69) is 21.5 Å². The Morgan fingerprint density at radius 1 is 1.08 bits per heavy atom. The number of methoxy groups -OCH3 is 1. The van der Waals surface area contributed by atoms with Crippen LogP contribution in [0.2, 0.25) is 0 Å².